The maximum absolute atomic E-state index is 12.2. The van der Waals surface area contributed by atoms with Gasteiger partial charge in [0.25, 0.3) is 0 Å². The summed E-state index contributed by atoms with van der Waals surface area (Å²) >= 11 is 0. The van der Waals surface area contributed by atoms with Crippen molar-refractivity contribution in [2.45, 2.75) is 12.8 Å². The fraction of sp³-hybridized carbons (Fsp3) is 0.111. The number of ketones is 1. The van der Waals surface area contributed by atoms with Gasteiger partial charge in [-0.3, -0.25) is 4.79 Å². The van der Waals surface area contributed by atoms with Gasteiger partial charge in [0, 0.05) is 22.9 Å². The molecule has 4 nitrogen and oxygen atoms in total. The van der Waals surface area contributed by atoms with E-state index < -0.39 is 5.97 Å². The predicted molar refractivity (Wildman–Crippen MR) is 84.4 cm³/mol. The molecule has 1 aromatic heterocycles. The average molecular weight is 293 g/mol. The van der Waals surface area contributed by atoms with Crippen molar-refractivity contribution in [3.63, 3.8) is 0 Å². The number of carbonyl (C=O) groups is 2. The monoisotopic (exact) mass is 293 g/mol. The third-order valence-electron chi connectivity index (χ3n) is 3.70. The van der Waals surface area contributed by atoms with E-state index in [0.29, 0.717) is 18.4 Å². The number of nitrogens with one attached hydrogen (secondary N) is 1. The number of aromatic nitrogens is 1. The molecule has 0 saturated heterocycles. The van der Waals surface area contributed by atoms with Crippen molar-refractivity contribution in [2.24, 2.45) is 0 Å². The molecule has 0 atom stereocenters. The van der Waals surface area contributed by atoms with E-state index in [1.165, 1.54) is 0 Å². The smallest absolute Gasteiger partial charge is 0.352 e. The number of hydrogen-bond donors (Lipinski definition) is 2. The van der Waals surface area contributed by atoms with Gasteiger partial charge in [-0.25, -0.2) is 4.79 Å². The molecule has 0 radical (unpaired) electrons. The Morgan fingerprint density at radius 1 is 1.00 bits per heavy atom. The molecule has 0 aliphatic heterocycles. The van der Waals surface area contributed by atoms with Crippen molar-refractivity contribution < 1.29 is 14.7 Å². The number of aromatic amines is 1. The molecular formula is C18H15NO3. The standard InChI is InChI=1S/C18H15NO3/c20-17(13-5-2-1-3-6-13)10-9-12-7-4-8-15-14(12)11-16(19-15)18(21)22/h1-8,11,19H,9-10H2,(H,21,22). The summed E-state index contributed by atoms with van der Waals surface area (Å²) in [4.78, 5) is 26.1. The van der Waals surface area contributed by atoms with Crippen molar-refractivity contribution >= 4 is 22.7 Å². The second-order valence-electron chi connectivity index (χ2n) is 5.16. The number of carbonyl (C=O) groups excluding carboxylic acids is 1. The van der Waals surface area contributed by atoms with Crippen LogP contribution in [0.5, 0.6) is 0 Å². The number of rotatable bonds is 5. The topological polar surface area (TPSA) is 70.2 Å². The first-order chi connectivity index (χ1) is 10.6. The highest BCUT2D eigenvalue weighted by molar-refractivity contribution is 5.97. The molecule has 110 valence electrons. The minimum atomic E-state index is -0.984. The maximum atomic E-state index is 12.2. The summed E-state index contributed by atoms with van der Waals surface area (Å²) in [7, 11) is 0. The highest BCUT2D eigenvalue weighted by atomic mass is 16.4. The van der Waals surface area contributed by atoms with E-state index in [-0.39, 0.29) is 11.5 Å². The molecular weight excluding hydrogens is 278 g/mol. The van der Waals surface area contributed by atoms with Crippen LogP contribution in [0.1, 0.15) is 32.8 Å². The van der Waals surface area contributed by atoms with Crippen LogP contribution in [-0.4, -0.2) is 21.8 Å². The minimum absolute atomic E-state index is 0.0894. The van der Waals surface area contributed by atoms with E-state index in [2.05, 4.69) is 4.98 Å². The SMILES string of the molecule is O=C(CCc1cccc2[nH]c(C(=O)O)cc12)c1ccccc1. The molecule has 4 heteroatoms. The number of benzene rings is 2. The molecule has 2 N–H and O–H groups in total. The van der Waals surface area contributed by atoms with Gasteiger partial charge in [-0.15, -0.1) is 0 Å². The van der Waals surface area contributed by atoms with E-state index in [1.54, 1.807) is 6.07 Å². The van der Waals surface area contributed by atoms with Crippen LogP contribution in [0, 0.1) is 0 Å². The van der Waals surface area contributed by atoms with E-state index in [4.69, 9.17) is 5.11 Å². The number of aromatic carboxylic acids is 1. The Kier molecular flexibility index (Phi) is 3.74. The number of Topliss-reactive ketones (excluding diaryl/α,β-unsaturated/α-hetero) is 1. The fourth-order valence-electron chi connectivity index (χ4n) is 2.57. The Morgan fingerprint density at radius 2 is 1.77 bits per heavy atom. The van der Waals surface area contributed by atoms with Gasteiger partial charge in [-0.1, -0.05) is 42.5 Å². The molecule has 3 rings (SSSR count). The van der Waals surface area contributed by atoms with Crippen molar-refractivity contribution in [2.75, 3.05) is 0 Å². The van der Waals surface area contributed by atoms with Crippen LogP contribution in [-0.2, 0) is 6.42 Å². The third-order valence-corrected chi connectivity index (χ3v) is 3.70. The second kappa shape index (κ2) is 5.85. The predicted octanol–water partition coefficient (Wildman–Crippen LogP) is 3.68. The zero-order valence-electron chi connectivity index (χ0n) is 11.9. The summed E-state index contributed by atoms with van der Waals surface area (Å²) in [6.45, 7) is 0. The van der Waals surface area contributed by atoms with Gasteiger partial charge >= 0.3 is 5.97 Å². The molecule has 0 spiro atoms. The molecule has 1 heterocycles. The first-order valence-corrected chi connectivity index (χ1v) is 7.07. The molecule has 0 aliphatic carbocycles. The summed E-state index contributed by atoms with van der Waals surface area (Å²) < 4.78 is 0. The Balaban J connectivity index is 1.82. The van der Waals surface area contributed by atoms with E-state index >= 15 is 0 Å². The van der Waals surface area contributed by atoms with Gasteiger partial charge in [0.1, 0.15) is 5.69 Å². The van der Waals surface area contributed by atoms with Gasteiger partial charge < -0.3 is 10.1 Å². The van der Waals surface area contributed by atoms with Crippen LogP contribution >= 0.6 is 0 Å². The highest BCUT2D eigenvalue weighted by Crippen LogP contribution is 2.22. The lowest BCUT2D eigenvalue weighted by atomic mass is 10.0. The second-order valence-corrected chi connectivity index (χ2v) is 5.16. The third kappa shape index (κ3) is 2.76. The largest absolute Gasteiger partial charge is 0.477 e. The quantitative estimate of drug-likeness (QED) is 0.705. The summed E-state index contributed by atoms with van der Waals surface area (Å²) in [6.07, 6.45) is 0.985. The summed E-state index contributed by atoms with van der Waals surface area (Å²) in [6, 6.07) is 16.4. The molecule has 0 bridgehead atoms. The van der Waals surface area contributed by atoms with E-state index in [1.807, 2.05) is 48.5 Å². The van der Waals surface area contributed by atoms with Gasteiger partial charge in [0.15, 0.2) is 5.78 Å². The lowest BCUT2D eigenvalue weighted by molar-refractivity contribution is 0.0691. The Bertz CT molecular complexity index is 834. The molecule has 0 fully saturated rings. The van der Waals surface area contributed by atoms with Gasteiger partial charge in [-0.2, -0.15) is 0 Å². The lowest BCUT2D eigenvalue weighted by Gasteiger charge is -2.03. The average Bonchev–Trinajstić information content (AvgIpc) is 2.98. The summed E-state index contributed by atoms with van der Waals surface area (Å²) in [5, 5.41) is 9.92. The van der Waals surface area contributed by atoms with Crippen LogP contribution < -0.4 is 0 Å². The van der Waals surface area contributed by atoms with Crippen LogP contribution in [0.2, 0.25) is 0 Å². The lowest BCUT2D eigenvalue weighted by Crippen LogP contribution is -2.01. The van der Waals surface area contributed by atoms with Gasteiger partial charge in [0.2, 0.25) is 0 Å². The number of aryl methyl sites for hydroxylation is 1. The molecule has 2 aromatic carbocycles. The zero-order chi connectivity index (χ0) is 15.5. The minimum Gasteiger partial charge on any atom is -0.477 e. The first-order valence-electron chi connectivity index (χ1n) is 7.07. The Morgan fingerprint density at radius 3 is 2.50 bits per heavy atom. The number of carboxylic acid groups (broad SMARTS) is 1. The van der Waals surface area contributed by atoms with Crippen LogP contribution in [0.25, 0.3) is 10.9 Å². The zero-order valence-corrected chi connectivity index (χ0v) is 11.9. The Hall–Kier alpha value is -2.88. The van der Waals surface area contributed by atoms with Gasteiger partial charge in [-0.05, 0) is 24.1 Å². The van der Waals surface area contributed by atoms with Crippen molar-refractivity contribution in [1.29, 1.82) is 0 Å². The summed E-state index contributed by atoms with van der Waals surface area (Å²) in [5.41, 5.74) is 2.62. The fourth-order valence-corrected chi connectivity index (χ4v) is 2.57. The molecule has 0 aliphatic rings. The van der Waals surface area contributed by atoms with Crippen LogP contribution in [0.15, 0.2) is 54.6 Å². The van der Waals surface area contributed by atoms with Crippen molar-refractivity contribution in [3.8, 4) is 0 Å². The maximum Gasteiger partial charge on any atom is 0.352 e. The molecule has 0 amide bonds. The molecule has 0 saturated carbocycles. The van der Waals surface area contributed by atoms with Crippen molar-refractivity contribution in [1.82, 2.24) is 4.98 Å². The number of H-pyrrole nitrogens is 1. The van der Waals surface area contributed by atoms with Crippen molar-refractivity contribution in [3.05, 3.63) is 71.4 Å². The van der Waals surface area contributed by atoms with E-state index in [0.717, 1.165) is 16.5 Å². The molecule has 0 unspecified atom stereocenters. The molecule has 3 aromatic rings. The number of hydrogen-bond acceptors (Lipinski definition) is 2. The Labute approximate surface area is 127 Å². The number of fused-ring (bicyclic) bond motifs is 1. The molecule has 22 heavy (non-hydrogen) atoms. The number of carboxylic acids is 1. The first kappa shape index (κ1) is 14.1. The van der Waals surface area contributed by atoms with Crippen LogP contribution in [0.4, 0.5) is 0 Å². The van der Waals surface area contributed by atoms with Gasteiger partial charge in [0.05, 0.1) is 0 Å². The normalized spacial score (nSPS) is 10.7. The summed E-state index contributed by atoms with van der Waals surface area (Å²) in [5.74, 6) is -0.894. The highest BCUT2D eigenvalue weighted by Gasteiger charge is 2.11. The van der Waals surface area contributed by atoms with E-state index in [9.17, 15) is 9.59 Å². The van der Waals surface area contributed by atoms with Crippen LogP contribution in [0.3, 0.4) is 0 Å².